The molecule has 0 aromatic carbocycles. The first kappa shape index (κ1) is 16.4. The van der Waals surface area contributed by atoms with Gasteiger partial charge in [0.1, 0.15) is 0 Å². The van der Waals surface area contributed by atoms with Crippen molar-refractivity contribution in [2.45, 2.75) is 57.2 Å². The number of alkyl halides is 3. The number of carbonyl (C=O) groups excluding carboxylic acids is 1. The topological polar surface area (TPSA) is 52.6 Å². The monoisotopic (exact) mass is 308 g/mol. The van der Waals surface area contributed by atoms with E-state index in [1.54, 1.807) is 0 Å². The van der Waals surface area contributed by atoms with E-state index in [0.717, 1.165) is 25.7 Å². The molecule has 2 aliphatic rings. The van der Waals surface area contributed by atoms with Crippen LogP contribution in [0.3, 0.4) is 0 Å². The molecule has 2 fully saturated rings. The first-order chi connectivity index (χ1) is 9.71. The van der Waals surface area contributed by atoms with Gasteiger partial charge in [-0.2, -0.15) is 13.2 Å². The average molecular weight is 308 g/mol. The van der Waals surface area contributed by atoms with Crippen molar-refractivity contribution in [1.82, 2.24) is 10.2 Å². The Hall–Kier alpha value is -0.980. The largest absolute Gasteiger partial charge is 0.417 e. The van der Waals surface area contributed by atoms with Gasteiger partial charge >= 0.3 is 12.2 Å². The number of halogens is 3. The van der Waals surface area contributed by atoms with Gasteiger partial charge in [0.15, 0.2) is 5.60 Å². The normalized spacial score (nSPS) is 23.8. The first-order valence-corrected chi connectivity index (χ1v) is 7.53. The number of hydrogen-bond acceptors (Lipinski definition) is 2. The summed E-state index contributed by atoms with van der Waals surface area (Å²) in [6.45, 7) is 2.56. The fourth-order valence-corrected chi connectivity index (χ4v) is 2.96. The predicted molar refractivity (Wildman–Crippen MR) is 71.8 cm³/mol. The van der Waals surface area contributed by atoms with Crippen molar-refractivity contribution in [3.63, 3.8) is 0 Å². The van der Waals surface area contributed by atoms with Gasteiger partial charge in [-0.25, -0.2) is 4.79 Å². The van der Waals surface area contributed by atoms with Crippen LogP contribution in [0.25, 0.3) is 0 Å². The van der Waals surface area contributed by atoms with Gasteiger partial charge in [0.2, 0.25) is 0 Å². The summed E-state index contributed by atoms with van der Waals surface area (Å²) >= 11 is 0. The van der Waals surface area contributed by atoms with Crippen LogP contribution in [0.15, 0.2) is 0 Å². The zero-order chi connectivity index (χ0) is 15.7. The predicted octanol–water partition coefficient (Wildman–Crippen LogP) is 2.67. The quantitative estimate of drug-likeness (QED) is 0.839. The highest BCUT2D eigenvalue weighted by Crippen LogP contribution is 2.49. The molecule has 1 aliphatic carbocycles. The van der Waals surface area contributed by atoms with Gasteiger partial charge < -0.3 is 15.3 Å². The summed E-state index contributed by atoms with van der Waals surface area (Å²) < 4.78 is 38.0. The molecule has 0 bridgehead atoms. The highest BCUT2D eigenvalue weighted by atomic mass is 19.4. The SMILES string of the molecule is CCCC1(CNC(=O)N2CCC(O)(C(F)(F)F)CC2)CC1. The van der Waals surface area contributed by atoms with E-state index in [1.165, 1.54) is 4.90 Å². The number of amides is 2. The number of rotatable bonds is 4. The number of hydrogen-bond donors (Lipinski definition) is 2. The molecule has 2 amide bonds. The smallest absolute Gasteiger partial charge is 0.380 e. The molecular weight excluding hydrogens is 285 g/mol. The van der Waals surface area contributed by atoms with Crippen molar-refractivity contribution in [2.75, 3.05) is 19.6 Å². The van der Waals surface area contributed by atoms with E-state index in [4.69, 9.17) is 0 Å². The van der Waals surface area contributed by atoms with E-state index in [-0.39, 0.29) is 24.5 Å². The molecule has 7 heteroatoms. The summed E-state index contributed by atoms with van der Waals surface area (Å²) in [6.07, 6.45) is -1.19. The number of carbonyl (C=O) groups is 1. The molecule has 4 nitrogen and oxygen atoms in total. The minimum absolute atomic E-state index is 0.0668. The minimum Gasteiger partial charge on any atom is -0.380 e. The van der Waals surface area contributed by atoms with E-state index >= 15 is 0 Å². The molecule has 122 valence electrons. The second-order valence-corrected chi connectivity index (χ2v) is 6.43. The lowest BCUT2D eigenvalue weighted by Crippen LogP contribution is -2.56. The van der Waals surface area contributed by atoms with E-state index in [0.29, 0.717) is 6.54 Å². The number of likely N-dealkylation sites (tertiary alicyclic amines) is 1. The average Bonchev–Trinajstić information content (AvgIpc) is 3.16. The summed E-state index contributed by atoms with van der Waals surface area (Å²) in [6, 6.07) is -0.318. The van der Waals surface area contributed by atoms with Gasteiger partial charge in [-0.05, 0) is 24.7 Å². The Labute approximate surface area is 122 Å². The van der Waals surface area contributed by atoms with Crippen LogP contribution in [-0.4, -0.2) is 47.4 Å². The molecule has 0 unspecified atom stereocenters. The minimum atomic E-state index is -4.63. The maximum atomic E-state index is 12.7. The third kappa shape index (κ3) is 3.62. The molecule has 0 atom stereocenters. The maximum absolute atomic E-state index is 12.7. The molecule has 2 rings (SSSR count). The third-order valence-corrected chi connectivity index (χ3v) is 4.76. The lowest BCUT2D eigenvalue weighted by atomic mass is 9.91. The third-order valence-electron chi connectivity index (χ3n) is 4.76. The number of nitrogens with zero attached hydrogens (tertiary/aromatic N) is 1. The van der Waals surface area contributed by atoms with Crippen LogP contribution in [0.5, 0.6) is 0 Å². The van der Waals surface area contributed by atoms with Gasteiger partial charge in [0.05, 0.1) is 0 Å². The van der Waals surface area contributed by atoms with E-state index in [2.05, 4.69) is 12.2 Å². The highest BCUT2D eigenvalue weighted by Gasteiger charge is 2.55. The van der Waals surface area contributed by atoms with Crippen molar-refractivity contribution in [1.29, 1.82) is 0 Å². The van der Waals surface area contributed by atoms with Crippen LogP contribution < -0.4 is 5.32 Å². The van der Waals surface area contributed by atoms with Crippen LogP contribution in [0.2, 0.25) is 0 Å². The molecule has 1 aliphatic heterocycles. The first-order valence-electron chi connectivity index (χ1n) is 7.53. The van der Waals surface area contributed by atoms with Gasteiger partial charge in [0, 0.05) is 32.5 Å². The van der Waals surface area contributed by atoms with Crippen LogP contribution >= 0.6 is 0 Å². The molecule has 21 heavy (non-hydrogen) atoms. The fraction of sp³-hybridized carbons (Fsp3) is 0.929. The van der Waals surface area contributed by atoms with Crippen molar-refractivity contribution in [3.05, 3.63) is 0 Å². The van der Waals surface area contributed by atoms with Gasteiger partial charge in [-0.1, -0.05) is 13.3 Å². The lowest BCUT2D eigenvalue weighted by molar-refractivity contribution is -0.271. The Morgan fingerprint density at radius 2 is 1.81 bits per heavy atom. The summed E-state index contributed by atoms with van der Waals surface area (Å²) in [5, 5.41) is 12.4. The van der Waals surface area contributed by atoms with E-state index in [1.807, 2.05) is 0 Å². The van der Waals surface area contributed by atoms with E-state index in [9.17, 15) is 23.1 Å². The van der Waals surface area contributed by atoms with Crippen LogP contribution in [0.4, 0.5) is 18.0 Å². The van der Waals surface area contributed by atoms with Crippen molar-refractivity contribution in [2.24, 2.45) is 5.41 Å². The zero-order valence-corrected chi connectivity index (χ0v) is 12.3. The van der Waals surface area contributed by atoms with Crippen LogP contribution in [-0.2, 0) is 0 Å². The number of urea groups is 1. The van der Waals surface area contributed by atoms with Gasteiger partial charge in [-0.15, -0.1) is 0 Å². The Morgan fingerprint density at radius 3 is 2.24 bits per heavy atom. The molecule has 0 spiro atoms. The Balaban J connectivity index is 1.78. The molecular formula is C14H23F3N2O2. The summed E-state index contributed by atoms with van der Waals surface area (Å²) in [7, 11) is 0. The van der Waals surface area contributed by atoms with Crippen LogP contribution in [0, 0.1) is 5.41 Å². The number of aliphatic hydroxyl groups is 1. The van der Waals surface area contributed by atoms with Gasteiger partial charge in [0.25, 0.3) is 0 Å². The summed E-state index contributed by atoms with van der Waals surface area (Å²) in [5.74, 6) is 0. The standard InChI is InChI=1S/C14H23F3N2O2/c1-2-3-12(4-5-12)10-18-11(20)19-8-6-13(21,7-9-19)14(15,16)17/h21H,2-10H2,1H3,(H,18,20). The fourth-order valence-electron chi connectivity index (χ4n) is 2.96. The summed E-state index contributed by atoms with van der Waals surface area (Å²) in [5.41, 5.74) is -2.43. The maximum Gasteiger partial charge on any atom is 0.417 e. The Bertz CT molecular complexity index is 386. The molecule has 1 heterocycles. The second-order valence-electron chi connectivity index (χ2n) is 6.43. The molecule has 1 saturated heterocycles. The molecule has 2 N–H and O–H groups in total. The van der Waals surface area contributed by atoms with E-state index < -0.39 is 24.6 Å². The second kappa shape index (κ2) is 5.66. The van der Waals surface area contributed by atoms with Crippen LogP contribution in [0.1, 0.15) is 45.4 Å². The summed E-state index contributed by atoms with van der Waals surface area (Å²) in [4.78, 5) is 13.4. The van der Waals surface area contributed by atoms with Gasteiger partial charge in [-0.3, -0.25) is 0 Å². The number of nitrogens with one attached hydrogen (secondary N) is 1. The molecule has 0 aromatic heterocycles. The van der Waals surface area contributed by atoms with Crippen molar-refractivity contribution < 1.29 is 23.1 Å². The molecule has 1 saturated carbocycles. The van der Waals surface area contributed by atoms with Crippen molar-refractivity contribution >= 4 is 6.03 Å². The zero-order valence-electron chi connectivity index (χ0n) is 12.3. The lowest BCUT2D eigenvalue weighted by Gasteiger charge is -2.39. The van der Waals surface area contributed by atoms with Crippen molar-refractivity contribution in [3.8, 4) is 0 Å². The highest BCUT2D eigenvalue weighted by molar-refractivity contribution is 5.74. The Kier molecular flexibility index (Phi) is 4.42. The molecule has 0 aromatic rings. The molecule has 0 radical (unpaired) electrons. The number of piperidine rings is 1. The Morgan fingerprint density at radius 1 is 1.24 bits per heavy atom.